The molecule has 0 saturated heterocycles. The van der Waals surface area contributed by atoms with E-state index in [2.05, 4.69) is 15.4 Å². The van der Waals surface area contributed by atoms with Crippen molar-refractivity contribution in [2.45, 2.75) is 13.8 Å². The van der Waals surface area contributed by atoms with E-state index >= 15 is 0 Å². The highest BCUT2D eigenvalue weighted by Crippen LogP contribution is 2.20. The van der Waals surface area contributed by atoms with E-state index in [9.17, 15) is 4.79 Å². The van der Waals surface area contributed by atoms with Crippen LogP contribution in [0.5, 0.6) is 0 Å². The molecule has 0 spiro atoms. The van der Waals surface area contributed by atoms with Gasteiger partial charge >= 0.3 is 0 Å². The highest BCUT2D eigenvalue weighted by Gasteiger charge is 2.18. The fraction of sp³-hybridized carbons (Fsp3) is 0.500. The van der Waals surface area contributed by atoms with Crippen molar-refractivity contribution in [3.8, 4) is 0 Å². The third-order valence-corrected chi connectivity index (χ3v) is 3.46. The Morgan fingerprint density at radius 2 is 2.10 bits per heavy atom. The van der Waals surface area contributed by atoms with E-state index in [1.807, 2.05) is 34.0 Å². The van der Waals surface area contributed by atoms with Gasteiger partial charge in [-0.25, -0.2) is 4.98 Å². The van der Waals surface area contributed by atoms with Crippen molar-refractivity contribution in [3.63, 3.8) is 0 Å². The van der Waals surface area contributed by atoms with Gasteiger partial charge in [-0.15, -0.1) is 0 Å². The Hall–Kier alpha value is -1.95. The van der Waals surface area contributed by atoms with Crippen LogP contribution in [0.4, 0.5) is 0 Å². The maximum absolute atomic E-state index is 12.5. The summed E-state index contributed by atoms with van der Waals surface area (Å²) in [5.41, 5.74) is 3.09. The van der Waals surface area contributed by atoms with Crippen molar-refractivity contribution >= 4 is 16.9 Å². The Kier molecular flexibility index (Phi) is 4.04. The van der Waals surface area contributed by atoms with E-state index in [1.54, 1.807) is 16.6 Å². The van der Waals surface area contributed by atoms with Gasteiger partial charge in [0.05, 0.1) is 17.0 Å². The average Bonchev–Trinajstić information content (AvgIpc) is 2.69. The third kappa shape index (κ3) is 2.51. The van der Waals surface area contributed by atoms with Gasteiger partial charge in [-0.05, 0) is 27.0 Å². The standard InChI is InChI=1S/C14H21N5O/c1-9-12(14(20)18(4)7-6-15-3)8-11-10(2)17-19(5)13(11)16-9/h8,15H,6-7H2,1-5H3. The van der Waals surface area contributed by atoms with Crippen LogP contribution in [-0.2, 0) is 7.05 Å². The van der Waals surface area contributed by atoms with Gasteiger partial charge in [-0.1, -0.05) is 0 Å². The molecule has 0 aliphatic heterocycles. The molecule has 0 atom stereocenters. The zero-order valence-electron chi connectivity index (χ0n) is 12.7. The first-order valence-electron chi connectivity index (χ1n) is 6.66. The monoisotopic (exact) mass is 275 g/mol. The van der Waals surface area contributed by atoms with Crippen molar-refractivity contribution in [1.29, 1.82) is 0 Å². The number of aryl methyl sites for hydroxylation is 3. The molecular formula is C14H21N5O. The second kappa shape index (κ2) is 5.58. The largest absolute Gasteiger partial charge is 0.340 e. The number of hydrogen-bond acceptors (Lipinski definition) is 4. The molecule has 0 radical (unpaired) electrons. The molecule has 0 aliphatic carbocycles. The summed E-state index contributed by atoms with van der Waals surface area (Å²) in [5, 5.41) is 8.32. The lowest BCUT2D eigenvalue weighted by molar-refractivity contribution is 0.0796. The number of pyridine rings is 1. The Labute approximate surface area is 118 Å². The predicted molar refractivity (Wildman–Crippen MR) is 78.9 cm³/mol. The molecule has 1 N–H and O–H groups in total. The fourth-order valence-corrected chi connectivity index (χ4v) is 2.23. The number of rotatable bonds is 4. The van der Waals surface area contributed by atoms with Crippen LogP contribution >= 0.6 is 0 Å². The minimum absolute atomic E-state index is 0.00426. The van der Waals surface area contributed by atoms with Gasteiger partial charge < -0.3 is 10.2 Å². The van der Waals surface area contributed by atoms with Gasteiger partial charge in [0.1, 0.15) is 0 Å². The van der Waals surface area contributed by atoms with Crippen molar-refractivity contribution in [2.75, 3.05) is 27.2 Å². The van der Waals surface area contributed by atoms with Gasteiger partial charge in [0, 0.05) is 32.6 Å². The lowest BCUT2D eigenvalue weighted by Crippen LogP contribution is -2.33. The zero-order valence-corrected chi connectivity index (χ0v) is 12.7. The summed E-state index contributed by atoms with van der Waals surface area (Å²) in [4.78, 5) is 18.7. The van der Waals surface area contributed by atoms with E-state index in [0.29, 0.717) is 12.1 Å². The molecule has 6 nitrogen and oxygen atoms in total. The quantitative estimate of drug-likeness (QED) is 0.899. The summed E-state index contributed by atoms with van der Waals surface area (Å²) in [5.74, 6) is -0.00426. The number of aromatic nitrogens is 3. The number of nitrogens with zero attached hydrogens (tertiary/aromatic N) is 4. The first-order valence-corrected chi connectivity index (χ1v) is 6.66. The number of carbonyl (C=O) groups is 1. The molecule has 2 aromatic heterocycles. The molecule has 20 heavy (non-hydrogen) atoms. The lowest BCUT2D eigenvalue weighted by Gasteiger charge is -2.18. The lowest BCUT2D eigenvalue weighted by atomic mass is 10.1. The molecule has 0 aromatic carbocycles. The molecule has 2 aromatic rings. The van der Waals surface area contributed by atoms with Crippen molar-refractivity contribution in [3.05, 3.63) is 23.0 Å². The molecule has 108 valence electrons. The second-order valence-electron chi connectivity index (χ2n) is 5.03. The van der Waals surface area contributed by atoms with Crippen LogP contribution in [0.15, 0.2) is 6.07 Å². The van der Waals surface area contributed by atoms with Gasteiger partial charge in [0.2, 0.25) is 0 Å². The number of amides is 1. The SMILES string of the molecule is CNCCN(C)C(=O)c1cc2c(C)nn(C)c2nc1C. The second-order valence-corrected chi connectivity index (χ2v) is 5.03. The van der Waals surface area contributed by atoms with Crippen LogP contribution in [0.25, 0.3) is 11.0 Å². The molecule has 2 rings (SSSR count). The summed E-state index contributed by atoms with van der Waals surface area (Å²) < 4.78 is 1.75. The maximum atomic E-state index is 12.5. The molecule has 1 amide bonds. The molecule has 0 saturated carbocycles. The first kappa shape index (κ1) is 14.5. The van der Waals surface area contributed by atoms with Crippen LogP contribution in [0.1, 0.15) is 21.7 Å². The van der Waals surface area contributed by atoms with E-state index in [0.717, 1.165) is 29.0 Å². The number of fused-ring (bicyclic) bond motifs is 1. The smallest absolute Gasteiger partial charge is 0.255 e. The van der Waals surface area contributed by atoms with Gasteiger partial charge in [0.25, 0.3) is 5.91 Å². The molecule has 0 unspecified atom stereocenters. The van der Waals surface area contributed by atoms with E-state index in [-0.39, 0.29) is 5.91 Å². The van der Waals surface area contributed by atoms with Crippen LogP contribution < -0.4 is 5.32 Å². The van der Waals surface area contributed by atoms with Crippen LogP contribution in [0.2, 0.25) is 0 Å². The summed E-state index contributed by atoms with van der Waals surface area (Å²) in [6.07, 6.45) is 0. The van der Waals surface area contributed by atoms with Crippen molar-refractivity contribution < 1.29 is 4.79 Å². The molecule has 0 aliphatic rings. The number of likely N-dealkylation sites (N-methyl/N-ethyl adjacent to an activating group) is 2. The Morgan fingerprint density at radius 1 is 1.40 bits per heavy atom. The topological polar surface area (TPSA) is 63.1 Å². The Bertz CT molecular complexity index is 647. The number of hydrogen-bond donors (Lipinski definition) is 1. The van der Waals surface area contributed by atoms with Gasteiger partial charge in [-0.3, -0.25) is 9.48 Å². The van der Waals surface area contributed by atoms with E-state index in [1.165, 1.54) is 0 Å². The first-order chi connectivity index (χ1) is 9.45. The van der Waals surface area contributed by atoms with Gasteiger partial charge in [-0.2, -0.15) is 5.10 Å². The van der Waals surface area contributed by atoms with Crippen LogP contribution in [0.3, 0.4) is 0 Å². The van der Waals surface area contributed by atoms with Gasteiger partial charge in [0.15, 0.2) is 5.65 Å². The molecule has 0 bridgehead atoms. The maximum Gasteiger partial charge on any atom is 0.255 e. The Balaban J connectivity index is 2.41. The molecular weight excluding hydrogens is 254 g/mol. The summed E-state index contributed by atoms with van der Waals surface area (Å²) in [6.45, 7) is 5.22. The molecule has 6 heteroatoms. The third-order valence-electron chi connectivity index (χ3n) is 3.46. The highest BCUT2D eigenvalue weighted by atomic mass is 16.2. The minimum Gasteiger partial charge on any atom is -0.340 e. The molecule has 2 heterocycles. The van der Waals surface area contributed by atoms with Crippen molar-refractivity contribution in [1.82, 2.24) is 25.0 Å². The van der Waals surface area contributed by atoms with E-state index in [4.69, 9.17) is 0 Å². The summed E-state index contributed by atoms with van der Waals surface area (Å²) in [6, 6.07) is 1.90. The zero-order chi connectivity index (χ0) is 14.9. The molecule has 0 fully saturated rings. The number of carbonyl (C=O) groups excluding carboxylic acids is 1. The normalized spacial score (nSPS) is 11.1. The summed E-state index contributed by atoms with van der Waals surface area (Å²) in [7, 11) is 5.54. The minimum atomic E-state index is -0.00426. The average molecular weight is 275 g/mol. The highest BCUT2D eigenvalue weighted by molar-refractivity contribution is 5.98. The summed E-state index contributed by atoms with van der Waals surface area (Å²) >= 11 is 0. The van der Waals surface area contributed by atoms with Crippen molar-refractivity contribution in [2.24, 2.45) is 7.05 Å². The van der Waals surface area contributed by atoms with Crippen LogP contribution in [-0.4, -0.2) is 52.8 Å². The van der Waals surface area contributed by atoms with E-state index < -0.39 is 0 Å². The predicted octanol–water partition coefficient (Wildman–Crippen LogP) is 0.877. The fourth-order valence-electron chi connectivity index (χ4n) is 2.23. The van der Waals surface area contributed by atoms with Crippen LogP contribution in [0, 0.1) is 13.8 Å². The number of nitrogens with one attached hydrogen (secondary N) is 1. The Morgan fingerprint density at radius 3 is 2.75 bits per heavy atom.